The lowest BCUT2D eigenvalue weighted by atomic mass is 9.85. The second-order valence-corrected chi connectivity index (χ2v) is 6.06. The van der Waals surface area contributed by atoms with Crippen LogP contribution >= 0.6 is 11.6 Å². The minimum absolute atomic E-state index is 0.195. The predicted octanol–water partition coefficient (Wildman–Crippen LogP) is 3.53. The van der Waals surface area contributed by atoms with Gasteiger partial charge in [-0.1, -0.05) is 24.6 Å². The Kier molecular flexibility index (Phi) is 4.36. The van der Waals surface area contributed by atoms with Crippen LogP contribution in [0.5, 0.6) is 0 Å². The maximum absolute atomic E-state index is 12.6. The van der Waals surface area contributed by atoms with Crippen LogP contribution in [0.4, 0.5) is 17.5 Å². The molecule has 1 N–H and O–H groups in total. The summed E-state index contributed by atoms with van der Waals surface area (Å²) >= 11 is 5.96. The van der Waals surface area contributed by atoms with E-state index < -0.39 is 5.41 Å². The molecule has 3 rings (SSSR count). The number of amides is 1. The summed E-state index contributed by atoms with van der Waals surface area (Å²) in [5, 5.41) is 13.0. The third kappa shape index (κ3) is 2.91. The first-order valence-electron chi connectivity index (χ1n) is 7.67. The van der Waals surface area contributed by atoms with E-state index in [0.29, 0.717) is 36.2 Å². The molecule has 6 nitrogen and oxygen atoms in total. The quantitative estimate of drug-likeness (QED) is 0.919. The molecule has 1 fully saturated rings. The maximum atomic E-state index is 12.6. The van der Waals surface area contributed by atoms with Gasteiger partial charge < -0.3 is 5.32 Å². The Labute approximate surface area is 145 Å². The summed E-state index contributed by atoms with van der Waals surface area (Å²) in [5.41, 5.74) is -0.182. The number of hydrogen-bond acceptors (Lipinski definition) is 5. The van der Waals surface area contributed by atoms with Crippen LogP contribution in [0.1, 0.15) is 19.8 Å². The van der Waals surface area contributed by atoms with Gasteiger partial charge in [-0.3, -0.25) is 9.69 Å². The van der Waals surface area contributed by atoms with Gasteiger partial charge in [-0.25, -0.2) is 4.98 Å². The largest absolute Gasteiger partial charge is 0.324 e. The number of nitrogens with zero attached hydrogens (tertiary/aromatic N) is 4. The molecule has 1 aromatic carbocycles. The Bertz CT molecular complexity index is 819. The van der Waals surface area contributed by atoms with Crippen molar-refractivity contribution in [1.82, 2.24) is 9.97 Å². The Morgan fingerprint density at radius 3 is 2.96 bits per heavy atom. The molecule has 1 aliphatic heterocycles. The van der Waals surface area contributed by atoms with Crippen LogP contribution in [0, 0.1) is 16.7 Å². The lowest BCUT2D eigenvalue weighted by Crippen LogP contribution is -2.33. The number of halogens is 1. The topological polar surface area (TPSA) is 81.9 Å². The molecule has 122 valence electrons. The van der Waals surface area contributed by atoms with E-state index in [0.717, 1.165) is 5.69 Å². The molecule has 2 aromatic rings. The number of nitriles is 1. The van der Waals surface area contributed by atoms with Crippen molar-refractivity contribution in [1.29, 1.82) is 5.26 Å². The number of carbonyl (C=O) groups excluding carboxylic acids is 1. The summed E-state index contributed by atoms with van der Waals surface area (Å²) in [4.78, 5) is 22.7. The van der Waals surface area contributed by atoms with E-state index in [2.05, 4.69) is 21.4 Å². The normalized spacial score (nSPS) is 20.0. The van der Waals surface area contributed by atoms with Gasteiger partial charge in [0.25, 0.3) is 0 Å². The molecule has 1 amide bonds. The summed E-state index contributed by atoms with van der Waals surface area (Å²) < 4.78 is 0. The van der Waals surface area contributed by atoms with Gasteiger partial charge in [0.2, 0.25) is 11.9 Å². The van der Waals surface area contributed by atoms with Crippen molar-refractivity contribution < 1.29 is 4.79 Å². The minimum atomic E-state index is -0.939. The number of anilines is 3. The lowest BCUT2D eigenvalue weighted by molar-refractivity contribution is -0.123. The van der Waals surface area contributed by atoms with Crippen LogP contribution in [0.3, 0.4) is 0 Å². The zero-order chi connectivity index (χ0) is 17.2. The number of aromatic nitrogens is 2. The van der Waals surface area contributed by atoms with Crippen LogP contribution in [-0.2, 0) is 4.79 Å². The first kappa shape index (κ1) is 16.2. The Morgan fingerprint density at radius 2 is 2.29 bits per heavy atom. The number of carbonyl (C=O) groups is 1. The van der Waals surface area contributed by atoms with E-state index in [1.807, 2.05) is 19.1 Å². The van der Waals surface area contributed by atoms with E-state index in [1.165, 1.54) is 0 Å². The molecular formula is C17H16ClN5O. The molecule has 1 unspecified atom stereocenters. The molecule has 0 bridgehead atoms. The van der Waals surface area contributed by atoms with Gasteiger partial charge in [0.05, 0.1) is 6.07 Å². The number of nitrogens with one attached hydrogen (secondary N) is 1. The monoisotopic (exact) mass is 341 g/mol. The predicted molar refractivity (Wildman–Crippen MR) is 92.1 cm³/mol. The summed E-state index contributed by atoms with van der Waals surface area (Å²) in [6, 6.07) is 11.0. The van der Waals surface area contributed by atoms with Crippen molar-refractivity contribution in [2.45, 2.75) is 19.8 Å². The van der Waals surface area contributed by atoms with Crippen LogP contribution in [0.2, 0.25) is 5.02 Å². The molecule has 2 heterocycles. The molecule has 1 saturated heterocycles. The molecule has 1 aliphatic rings. The van der Waals surface area contributed by atoms with Gasteiger partial charge in [0, 0.05) is 23.5 Å². The summed E-state index contributed by atoms with van der Waals surface area (Å²) in [6.45, 7) is 2.34. The average molecular weight is 342 g/mol. The highest BCUT2D eigenvalue weighted by Crippen LogP contribution is 2.36. The molecule has 7 heteroatoms. The highest BCUT2D eigenvalue weighted by atomic mass is 35.5. The molecule has 0 aliphatic carbocycles. The van der Waals surface area contributed by atoms with E-state index >= 15 is 0 Å². The summed E-state index contributed by atoms with van der Waals surface area (Å²) in [5.74, 6) is 0.665. The minimum Gasteiger partial charge on any atom is -0.324 e. The van der Waals surface area contributed by atoms with Gasteiger partial charge in [-0.2, -0.15) is 10.2 Å². The van der Waals surface area contributed by atoms with Crippen LogP contribution < -0.4 is 10.2 Å². The molecule has 1 atom stereocenters. The van der Waals surface area contributed by atoms with E-state index in [1.54, 1.807) is 29.3 Å². The molecule has 0 spiro atoms. The Balaban J connectivity index is 1.84. The molecule has 0 saturated carbocycles. The molecule has 1 aromatic heterocycles. The van der Waals surface area contributed by atoms with Gasteiger partial charge in [0.1, 0.15) is 11.2 Å². The smallest absolute Gasteiger partial charge is 0.248 e. The fourth-order valence-corrected chi connectivity index (χ4v) is 2.94. The average Bonchev–Trinajstić information content (AvgIpc) is 2.92. The maximum Gasteiger partial charge on any atom is 0.248 e. The second kappa shape index (κ2) is 6.46. The molecule has 0 radical (unpaired) electrons. The highest BCUT2D eigenvalue weighted by molar-refractivity contribution is 6.30. The van der Waals surface area contributed by atoms with Crippen molar-refractivity contribution in [3.8, 4) is 6.07 Å². The summed E-state index contributed by atoms with van der Waals surface area (Å²) in [7, 11) is 0. The van der Waals surface area contributed by atoms with Gasteiger partial charge in [-0.05, 0) is 37.1 Å². The zero-order valence-corrected chi connectivity index (χ0v) is 13.9. The fraction of sp³-hybridized carbons (Fsp3) is 0.294. The first-order chi connectivity index (χ1) is 11.6. The van der Waals surface area contributed by atoms with Crippen molar-refractivity contribution in [3.63, 3.8) is 0 Å². The SMILES string of the molecule is CCC1(C#N)CCN(c2ccnc(Nc3cccc(Cl)c3)n2)C1=O. The molecule has 24 heavy (non-hydrogen) atoms. The van der Waals surface area contributed by atoms with Crippen LogP contribution in [-0.4, -0.2) is 22.4 Å². The van der Waals surface area contributed by atoms with E-state index in [4.69, 9.17) is 11.6 Å². The highest BCUT2D eigenvalue weighted by Gasteiger charge is 2.46. The fourth-order valence-electron chi connectivity index (χ4n) is 2.75. The van der Waals surface area contributed by atoms with Crippen molar-refractivity contribution in [3.05, 3.63) is 41.6 Å². The van der Waals surface area contributed by atoms with Crippen molar-refractivity contribution >= 4 is 35.0 Å². The van der Waals surface area contributed by atoms with Crippen molar-refractivity contribution in [2.75, 3.05) is 16.8 Å². The number of hydrogen-bond donors (Lipinski definition) is 1. The summed E-state index contributed by atoms with van der Waals surface area (Å²) in [6.07, 6.45) is 2.60. The van der Waals surface area contributed by atoms with Gasteiger partial charge in [-0.15, -0.1) is 0 Å². The Morgan fingerprint density at radius 1 is 1.46 bits per heavy atom. The third-order valence-corrected chi connectivity index (χ3v) is 4.47. The standard InChI is InChI=1S/C17H16ClN5O/c1-2-17(11-19)7-9-23(15(17)24)14-6-8-20-16(22-14)21-13-5-3-4-12(18)10-13/h3-6,8,10H,2,7,9H2,1H3,(H,20,21,22). The van der Waals surface area contributed by atoms with E-state index in [9.17, 15) is 10.1 Å². The van der Waals surface area contributed by atoms with E-state index in [-0.39, 0.29) is 5.91 Å². The van der Waals surface area contributed by atoms with Gasteiger partial charge >= 0.3 is 0 Å². The van der Waals surface area contributed by atoms with Crippen LogP contribution in [0.25, 0.3) is 0 Å². The number of benzene rings is 1. The zero-order valence-electron chi connectivity index (χ0n) is 13.2. The number of rotatable bonds is 4. The second-order valence-electron chi connectivity index (χ2n) is 5.63. The first-order valence-corrected chi connectivity index (χ1v) is 8.04. The lowest BCUT2D eigenvalue weighted by Gasteiger charge is -2.19. The van der Waals surface area contributed by atoms with Crippen molar-refractivity contribution in [2.24, 2.45) is 5.41 Å². The van der Waals surface area contributed by atoms with Gasteiger partial charge in [0.15, 0.2) is 0 Å². The third-order valence-electron chi connectivity index (χ3n) is 4.23. The van der Waals surface area contributed by atoms with Crippen LogP contribution in [0.15, 0.2) is 36.5 Å². The Hall–Kier alpha value is -2.65. The molecular weight excluding hydrogens is 326 g/mol.